The van der Waals surface area contributed by atoms with Gasteiger partial charge in [0.25, 0.3) is 6.47 Å². The molecule has 19 heavy (non-hydrogen) atoms. The van der Waals surface area contributed by atoms with Crippen LogP contribution in [0.5, 0.6) is 0 Å². The van der Waals surface area contributed by atoms with E-state index in [-0.39, 0.29) is 26.3 Å². The van der Waals surface area contributed by atoms with E-state index in [1.54, 1.807) is 6.92 Å². The van der Waals surface area contributed by atoms with Gasteiger partial charge in [-0.05, 0) is 6.42 Å². The minimum atomic E-state index is -0.780. The molecule has 0 aliphatic heterocycles. The first-order valence-corrected chi connectivity index (χ1v) is 5.67. The quantitative estimate of drug-likeness (QED) is 0.255. The summed E-state index contributed by atoms with van der Waals surface area (Å²) in [6.45, 7) is 8.52. The van der Waals surface area contributed by atoms with E-state index in [4.69, 9.17) is 14.2 Å². The SMILES string of the molecule is C=CC(=O)OCC(CC)(COC=O)COC(=O)C=C. The Balaban J connectivity index is 4.69. The van der Waals surface area contributed by atoms with Crippen molar-refractivity contribution in [3.8, 4) is 0 Å². The second kappa shape index (κ2) is 8.91. The molecule has 0 N–H and O–H groups in total. The van der Waals surface area contributed by atoms with Crippen molar-refractivity contribution in [2.45, 2.75) is 13.3 Å². The molecule has 0 bridgehead atoms. The Hall–Kier alpha value is -2.11. The molecule has 0 aromatic heterocycles. The highest BCUT2D eigenvalue weighted by Crippen LogP contribution is 2.24. The summed E-state index contributed by atoms with van der Waals surface area (Å²) in [7, 11) is 0. The molecule has 6 heteroatoms. The molecule has 0 spiro atoms. The Bertz CT molecular complexity index is 323. The van der Waals surface area contributed by atoms with Crippen LogP contribution >= 0.6 is 0 Å². The number of carbonyl (C=O) groups is 3. The molecule has 0 saturated carbocycles. The zero-order valence-electron chi connectivity index (χ0n) is 10.9. The lowest BCUT2D eigenvalue weighted by Gasteiger charge is -2.29. The molecule has 106 valence electrons. The minimum Gasteiger partial charge on any atom is -0.467 e. The van der Waals surface area contributed by atoms with Gasteiger partial charge in [0.15, 0.2) is 0 Å². The third-order valence-electron chi connectivity index (χ3n) is 2.58. The topological polar surface area (TPSA) is 78.9 Å². The van der Waals surface area contributed by atoms with Crippen molar-refractivity contribution >= 4 is 18.4 Å². The van der Waals surface area contributed by atoms with Gasteiger partial charge in [-0.15, -0.1) is 0 Å². The number of ether oxygens (including phenoxy) is 3. The van der Waals surface area contributed by atoms with Gasteiger partial charge in [-0.2, -0.15) is 0 Å². The fourth-order valence-corrected chi connectivity index (χ4v) is 1.21. The molecule has 0 fully saturated rings. The third-order valence-corrected chi connectivity index (χ3v) is 2.58. The smallest absolute Gasteiger partial charge is 0.330 e. The fourth-order valence-electron chi connectivity index (χ4n) is 1.21. The Morgan fingerprint density at radius 3 is 1.84 bits per heavy atom. The monoisotopic (exact) mass is 270 g/mol. The largest absolute Gasteiger partial charge is 0.467 e. The van der Waals surface area contributed by atoms with Gasteiger partial charge in [0.2, 0.25) is 0 Å². The summed E-state index contributed by atoms with van der Waals surface area (Å²) in [6.07, 6.45) is 2.53. The van der Waals surface area contributed by atoms with Gasteiger partial charge >= 0.3 is 11.9 Å². The Kier molecular flexibility index (Phi) is 7.92. The van der Waals surface area contributed by atoms with Crippen LogP contribution in [0.4, 0.5) is 0 Å². The summed E-state index contributed by atoms with van der Waals surface area (Å²) >= 11 is 0. The molecule has 0 amide bonds. The molecule has 0 unspecified atom stereocenters. The zero-order chi connectivity index (χ0) is 14.7. The Morgan fingerprint density at radius 1 is 1.05 bits per heavy atom. The molecule has 0 atom stereocenters. The summed E-state index contributed by atoms with van der Waals surface area (Å²) in [4.78, 5) is 32.4. The van der Waals surface area contributed by atoms with Gasteiger partial charge in [-0.1, -0.05) is 20.1 Å². The van der Waals surface area contributed by atoms with Gasteiger partial charge in [-0.3, -0.25) is 4.79 Å². The summed E-state index contributed by atoms with van der Waals surface area (Å²) in [5.74, 6) is -1.20. The van der Waals surface area contributed by atoms with Crippen molar-refractivity contribution in [2.75, 3.05) is 19.8 Å². The van der Waals surface area contributed by atoms with E-state index < -0.39 is 17.4 Å². The van der Waals surface area contributed by atoms with Crippen LogP contribution in [-0.2, 0) is 28.6 Å². The van der Waals surface area contributed by atoms with Crippen molar-refractivity contribution in [3.05, 3.63) is 25.3 Å². The van der Waals surface area contributed by atoms with Crippen molar-refractivity contribution in [1.82, 2.24) is 0 Å². The number of rotatable bonds is 10. The highest BCUT2D eigenvalue weighted by atomic mass is 16.6. The van der Waals surface area contributed by atoms with Crippen LogP contribution in [-0.4, -0.2) is 38.2 Å². The lowest BCUT2D eigenvalue weighted by atomic mass is 9.88. The summed E-state index contributed by atoms with van der Waals surface area (Å²) in [5, 5.41) is 0. The van der Waals surface area contributed by atoms with Crippen LogP contribution in [0.2, 0.25) is 0 Å². The lowest BCUT2D eigenvalue weighted by Crippen LogP contribution is -2.38. The third kappa shape index (κ3) is 6.40. The maximum Gasteiger partial charge on any atom is 0.330 e. The molecule has 0 radical (unpaired) electrons. The molecule has 0 aliphatic carbocycles. The summed E-state index contributed by atoms with van der Waals surface area (Å²) in [5.41, 5.74) is -0.780. The van der Waals surface area contributed by atoms with Crippen molar-refractivity contribution < 1.29 is 28.6 Å². The van der Waals surface area contributed by atoms with E-state index in [1.807, 2.05) is 0 Å². The van der Waals surface area contributed by atoms with Gasteiger partial charge < -0.3 is 14.2 Å². The van der Waals surface area contributed by atoms with E-state index in [0.717, 1.165) is 12.2 Å². The molecule has 0 rings (SSSR count). The van der Waals surface area contributed by atoms with Gasteiger partial charge in [0, 0.05) is 12.2 Å². The van der Waals surface area contributed by atoms with Crippen LogP contribution in [0.15, 0.2) is 25.3 Å². The molecule has 0 aliphatic rings. The van der Waals surface area contributed by atoms with Crippen molar-refractivity contribution in [1.29, 1.82) is 0 Å². The lowest BCUT2D eigenvalue weighted by molar-refractivity contribution is -0.153. The summed E-state index contributed by atoms with van der Waals surface area (Å²) in [6, 6.07) is 0. The molecule has 0 aromatic rings. The van der Waals surface area contributed by atoms with Crippen LogP contribution in [0.3, 0.4) is 0 Å². The van der Waals surface area contributed by atoms with E-state index >= 15 is 0 Å². The normalized spacial score (nSPS) is 10.2. The number of hydrogen-bond donors (Lipinski definition) is 0. The molecule has 0 heterocycles. The van der Waals surface area contributed by atoms with Crippen LogP contribution in [0.1, 0.15) is 13.3 Å². The number of hydrogen-bond acceptors (Lipinski definition) is 6. The average molecular weight is 270 g/mol. The van der Waals surface area contributed by atoms with Crippen LogP contribution in [0, 0.1) is 5.41 Å². The fraction of sp³-hybridized carbons (Fsp3) is 0.462. The first-order valence-electron chi connectivity index (χ1n) is 5.67. The Morgan fingerprint density at radius 2 is 1.53 bits per heavy atom. The van der Waals surface area contributed by atoms with Gasteiger partial charge in [0.05, 0.1) is 5.41 Å². The molecule has 6 nitrogen and oxygen atoms in total. The number of carbonyl (C=O) groups excluding carboxylic acids is 3. The molecule has 0 aromatic carbocycles. The highest BCUT2D eigenvalue weighted by molar-refractivity contribution is 5.81. The van der Waals surface area contributed by atoms with Crippen LogP contribution < -0.4 is 0 Å². The second-order valence-corrected chi connectivity index (χ2v) is 3.88. The van der Waals surface area contributed by atoms with Crippen LogP contribution in [0.25, 0.3) is 0 Å². The Labute approximate surface area is 112 Å². The maximum absolute atomic E-state index is 11.1. The van der Waals surface area contributed by atoms with Crippen molar-refractivity contribution in [2.24, 2.45) is 5.41 Å². The second-order valence-electron chi connectivity index (χ2n) is 3.88. The first-order chi connectivity index (χ1) is 9.03. The number of esters is 2. The van der Waals surface area contributed by atoms with E-state index in [9.17, 15) is 14.4 Å². The van der Waals surface area contributed by atoms with Crippen molar-refractivity contribution in [3.63, 3.8) is 0 Å². The predicted octanol–water partition coefficient (Wildman–Crippen LogP) is 1.01. The standard InChI is InChI=1S/C13H18O6/c1-4-11(15)18-8-13(6-3,7-17-10-14)9-19-12(16)5-2/h4-5,10H,1-2,6-9H2,3H3. The van der Waals surface area contributed by atoms with E-state index in [1.165, 1.54) is 0 Å². The molecule has 0 saturated heterocycles. The summed E-state index contributed by atoms with van der Waals surface area (Å²) < 4.78 is 14.6. The minimum absolute atomic E-state index is 0.0259. The zero-order valence-corrected chi connectivity index (χ0v) is 10.9. The highest BCUT2D eigenvalue weighted by Gasteiger charge is 2.32. The predicted molar refractivity (Wildman–Crippen MR) is 67.1 cm³/mol. The van der Waals surface area contributed by atoms with Gasteiger partial charge in [-0.25, -0.2) is 9.59 Å². The molecular formula is C13H18O6. The first kappa shape index (κ1) is 16.9. The maximum atomic E-state index is 11.1. The van der Waals surface area contributed by atoms with Gasteiger partial charge in [0.1, 0.15) is 19.8 Å². The average Bonchev–Trinajstić information content (AvgIpc) is 2.46. The molecular weight excluding hydrogens is 252 g/mol. The van der Waals surface area contributed by atoms with E-state index in [2.05, 4.69) is 13.2 Å². The van der Waals surface area contributed by atoms with E-state index in [0.29, 0.717) is 6.42 Å².